The second kappa shape index (κ2) is 6.14. The maximum absolute atomic E-state index is 12.0. The highest BCUT2D eigenvalue weighted by Crippen LogP contribution is 2.31. The van der Waals surface area contributed by atoms with E-state index in [4.69, 9.17) is 0 Å². The number of hydrogen-bond donors (Lipinski definition) is 3. The van der Waals surface area contributed by atoms with Crippen molar-refractivity contribution in [2.75, 3.05) is 5.75 Å². The lowest BCUT2D eigenvalue weighted by atomic mass is 10.1. The van der Waals surface area contributed by atoms with E-state index in [-0.39, 0.29) is 15.8 Å². The monoisotopic (exact) mass is 346 g/mol. The van der Waals surface area contributed by atoms with E-state index in [1.54, 1.807) is 0 Å². The van der Waals surface area contributed by atoms with E-state index in [1.807, 2.05) is 0 Å². The van der Waals surface area contributed by atoms with Gasteiger partial charge in [0.15, 0.2) is 0 Å². The van der Waals surface area contributed by atoms with E-state index in [0.717, 1.165) is 12.1 Å². The van der Waals surface area contributed by atoms with Crippen LogP contribution in [0.15, 0.2) is 22.7 Å². The lowest BCUT2D eigenvalue weighted by Gasteiger charge is -2.18. The Bertz CT molecular complexity index is 414. The molecular formula is C10H10BrF3O3S. The van der Waals surface area contributed by atoms with Gasteiger partial charge in [-0.15, -0.1) is 13.2 Å². The van der Waals surface area contributed by atoms with Crippen molar-refractivity contribution in [3.8, 4) is 5.75 Å². The van der Waals surface area contributed by atoms with E-state index in [2.05, 4.69) is 33.3 Å². The van der Waals surface area contributed by atoms with Crippen molar-refractivity contribution in [2.45, 2.75) is 18.6 Å². The van der Waals surface area contributed by atoms with Gasteiger partial charge in [0.05, 0.1) is 6.10 Å². The molecule has 3 nitrogen and oxygen atoms in total. The summed E-state index contributed by atoms with van der Waals surface area (Å²) in [5.41, 5.74) is 0.256. The Morgan fingerprint density at radius 2 is 1.94 bits per heavy atom. The Morgan fingerprint density at radius 3 is 2.39 bits per heavy atom. The summed E-state index contributed by atoms with van der Waals surface area (Å²) in [6.45, 7) is 0. The van der Waals surface area contributed by atoms with Crippen LogP contribution in [0.2, 0.25) is 0 Å². The zero-order valence-electron chi connectivity index (χ0n) is 8.86. The van der Waals surface area contributed by atoms with Crippen LogP contribution >= 0.6 is 28.6 Å². The van der Waals surface area contributed by atoms with Crippen LogP contribution in [0.3, 0.4) is 0 Å². The first-order valence-corrected chi connectivity index (χ1v) is 6.19. The molecule has 0 aliphatic heterocycles. The topological polar surface area (TPSA) is 49.7 Å². The van der Waals surface area contributed by atoms with E-state index in [0.29, 0.717) is 0 Å². The largest absolute Gasteiger partial charge is 0.573 e. The van der Waals surface area contributed by atoms with E-state index in [1.165, 1.54) is 6.07 Å². The number of aliphatic hydroxyl groups is 2. The summed E-state index contributed by atoms with van der Waals surface area (Å²) < 4.78 is 39.9. The number of benzene rings is 1. The van der Waals surface area contributed by atoms with Crippen molar-refractivity contribution < 1.29 is 28.1 Å². The molecule has 0 amide bonds. The van der Waals surface area contributed by atoms with Crippen LogP contribution in [0.1, 0.15) is 11.7 Å². The number of thiol groups is 1. The van der Waals surface area contributed by atoms with Crippen molar-refractivity contribution in [1.82, 2.24) is 0 Å². The van der Waals surface area contributed by atoms with Crippen LogP contribution in [0, 0.1) is 0 Å². The predicted octanol–water partition coefficient (Wildman–Crippen LogP) is 2.67. The van der Waals surface area contributed by atoms with Crippen LogP contribution in [-0.2, 0) is 0 Å². The van der Waals surface area contributed by atoms with Gasteiger partial charge in [-0.1, -0.05) is 22.0 Å². The van der Waals surface area contributed by atoms with Crippen LogP contribution in [0.5, 0.6) is 5.75 Å². The highest BCUT2D eigenvalue weighted by atomic mass is 79.9. The molecule has 0 radical (unpaired) electrons. The Morgan fingerprint density at radius 1 is 1.33 bits per heavy atom. The summed E-state index contributed by atoms with van der Waals surface area (Å²) in [7, 11) is 0. The molecule has 2 unspecified atom stereocenters. The fourth-order valence-corrected chi connectivity index (χ4v) is 2.04. The first-order chi connectivity index (χ1) is 8.24. The Kier molecular flexibility index (Phi) is 5.32. The van der Waals surface area contributed by atoms with Crippen LogP contribution in [0.4, 0.5) is 13.2 Å². The Labute approximate surface area is 115 Å². The maximum Gasteiger partial charge on any atom is 0.573 e. The van der Waals surface area contributed by atoms with Crippen molar-refractivity contribution in [2.24, 2.45) is 0 Å². The molecule has 102 valence electrons. The smallest absolute Gasteiger partial charge is 0.406 e. The van der Waals surface area contributed by atoms with Crippen LogP contribution in [0.25, 0.3) is 0 Å². The molecule has 0 aliphatic rings. The molecule has 18 heavy (non-hydrogen) atoms. The molecule has 0 saturated carbocycles. The van der Waals surface area contributed by atoms with Gasteiger partial charge in [0, 0.05) is 10.2 Å². The first kappa shape index (κ1) is 15.6. The van der Waals surface area contributed by atoms with Crippen molar-refractivity contribution in [3.63, 3.8) is 0 Å². The zero-order valence-corrected chi connectivity index (χ0v) is 11.3. The molecule has 1 rings (SSSR count). The molecule has 0 spiro atoms. The van der Waals surface area contributed by atoms with Gasteiger partial charge in [-0.05, 0) is 17.7 Å². The van der Waals surface area contributed by atoms with Gasteiger partial charge in [-0.25, -0.2) is 0 Å². The normalized spacial score (nSPS) is 15.3. The minimum absolute atomic E-state index is 0.0222. The fourth-order valence-electron chi connectivity index (χ4n) is 1.25. The van der Waals surface area contributed by atoms with Gasteiger partial charge in [0.2, 0.25) is 0 Å². The molecule has 0 aromatic heterocycles. The minimum Gasteiger partial charge on any atom is -0.406 e. The number of aliphatic hydroxyl groups excluding tert-OH is 2. The third-order valence-electron chi connectivity index (χ3n) is 2.08. The zero-order chi connectivity index (χ0) is 13.9. The van der Waals surface area contributed by atoms with Gasteiger partial charge in [-0.3, -0.25) is 0 Å². The Hall–Kier alpha value is -0.440. The second-order valence-electron chi connectivity index (χ2n) is 3.43. The summed E-state index contributed by atoms with van der Waals surface area (Å²) in [5, 5.41) is 19.1. The highest BCUT2D eigenvalue weighted by Gasteiger charge is 2.31. The summed E-state index contributed by atoms with van der Waals surface area (Å²) in [4.78, 5) is 0. The molecule has 8 heteroatoms. The number of rotatable bonds is 4. The Balaban J connectivity index is 2.92. The number of hydrogen-bond acceptors (Lipinski definition) is 4. The lowest BCUT2D eigenvalue weighted by molar-refractivity contribution is -0.274. The molecule has 1 aromatic carbocycles. The molecule has 0 heterocycles. The SMILES string of the molecule is OC(CS)C(O)c1ccc(OC(F)(F)F)cc1Br. The summed E-state index contributed by atoms with van der Waals surface area (Å²) in [5.74, 6) is -0.389. The molecule has 1 aromatic rings. The molecule has 0 saturated heterocycles. The molecule has 2 atom stereocenters. The third kappa shape index (κ3) is 4.34. The van der Waals surface area contributed by atoms with Crippen molar-refractivity contribution in [1.29, 1.82) is 0 Å². The lowest BCUT2D eigenvalue weighted by Crippen LogP contribution is -2.20. The molecule has 0 aliphatic carbocycles. The number of ether oxygens (including phenoxy) is 1. The van der Waals surface area contributed by atoms with Crippen LogP contribution < -0.4 is 4.74 Å². The first-order valence-electron chi connectivity index (χ1n) is 4.77. The highest BCUT2D eigenvalue weighted by molar-refractivity contribution is 9.10. The maximum atomic E-state index is 12.0. The van der Waals surface area contributed by atoms with Gasteiger partial charge in [-0.2, -0.15) is 12.6 Å². The number of alkyl halides is 3. The van der Waals surface area contributed by atoms with Gasteiger partial charge >= 0.3 is 6.36 Å². The predicted molar refractivity (Wildman–Crippen MR) is 65.6 cm³/mol. The standard InChI is InChI=1S/C10H10BrF3O3S/c11-7-3-5(17-10(12,13)14)1-2-6(7)9(16)8(15)4-18/h1-3,8-9,15-16,18H,4H2. The van der Waals surface area contributed by atoms with Crippen molar-refractivity contribution >= 4 is 28.6 Å². The van der Waals surface area contributed by atoms with Crippen molar-refractivity contribution in [3.05, 3.63) is 28.2 Å². The van der Waals surface area contributed by atoms with Gasteiger partial charge in [0.25, 0.3) is 0 Å². The van der Waals surface area contributed by atoms with Gasteiger partial charge in [0.1, 0.15) is 11.9 Å². The second-order valence-corrected chi connectivity index (χ2v) is 4.65. The molecule has 2 N–H and O–H groups in total. The molecular weight excluding hydrogens is 337 g/mol. The summed E-state index contributed by atoms with van der Waals surface area (Å²) in [6.07, 6.45) is -7.12. The quantitative estimate of drug-likeness (QED) is 0.734. The summed E-state index contributed by atoms with van der Waals surface area (Å²) >= 11 is 6.83. The molecule has 0 fully saturated rings. The summed E-state index contributed by atoms with van der Waals surface area (Å²) in [6, 6.07) is 3.36. The van der Waals surface area contributed by atoms with E-state index >= 15 is 0 Å². The average Bonchev–Trinajstić information content (AvgIpc) is 2.25. The number of halogens is 4. The fraction of sp³-hybridized carbons (Fsp3) is 0.400. The molecule has 0 bridgehead atoms. The minimum atomic E-state index is -4.77. The third-order valence-corrected chi connectivity index (χ3v) is 3.14. The van der Waals surface area contributed by atoms with E-state index in [9.17, 15) is 23.4 Å². The average molecular weight is 347 g/mol. The van der Waals surface area contributed by atoms with Crippen LogP contribution in [-0.4, -0.2) is 28.4 Å². The van der Waals surface area contributed by atoms with E-state index < -0.39 is 24.3 Å². The van der Waals surface area contributed by atoms with Gasteiger partial charge < -0.3 is 14.9 Å².